The first kappa shape index (κ1) is 12.2. The quantitative estimate of drug-likeness (QED) is 0.859. The molecule has 98 valence electrons. The second-order valence-corrected chi connectivity index (χ2v) is 6.42. The van der Waals surface area contributed by atoms with Crippen molar-refractivity contribution >= 4 is 17.2 Å². The Morgan fingerprint density at radius 3 is 3.00 bits per heavy atom. The van der Waals surface area contributed by atoms with E-state index < -0.39 is 0 Å². The fourth-order valence-electron chi connectivity index (χ4n) is 2.83. The van der Waals surface area contributed by atoms with Gasteiger partial charge in [-0.05, 0) is 56.7 Å². The third-order valence-electron chi connectivity index (χ3n) is 3.85. The smallest absolute Gasteiger partial charge is 0.261 e. The van der Waals surface area contributed by atoms with Crippen LogP contribution in [0.15, 0.2) is 6.07 Å². The van der Waals surface area contributed by atoms with Crippen LogP contribution in [-0.4, -0.2) is 25.0 Å². The average Bonchev–Trinajstić information content (AvgIpc) is 2.84. The first-order valence-electron chi connectivity index (χ1n) is 6.96. The van der Waals surface area contributed by atoms with E-state index in [0.717, 1.165) is 43.6 Å². The third kappa shape index (κ3) is 2.59. The van der Waals surface area contributed by atoms with Crippen molar-refractivity contribution in [3.8, 4) is 0 Å². The number of amides is 1. The maximum absolute atomic E-state index is 12.2. The minimum absolute atomic E-state index is 0.128. The highest BCUT2D eigenvalue weighted by Gasteiger charge is 2.20. The largest absolute Gasteiger partial charge is 0.347 e. The van der Waals surface area contributed by atoms with E-state index in [1.807, 2.05) is 0 Å². The lowest BCUT2D eigenvalue weighted by atomic mass is 9.99. The fraction of sp³-hybridized carbons (Fsp3) is 0.643. The summed E-state index contributed by atoms with van der Waals surface area (Å²) in [5, 5.41) is 6.48. The van der Waals surface area contributed by atoms with Crippen molar-refractivity contribution in [3.05, 3.63) is 21.4 Å². The van der Waals surface area contributed by atoms with Crippen LogP contribution in [0.5, 0.6) is 0 Å². The lowest BCUT2D eigenvalue weighted by Crippen LogP contribution is -2.45. The molecule has 0 spiro atoms. The standard InChI is InChI=1S/C14H20N2OS/c17-14(16-11-5-3-7-15-9-11)13-8-10-4-1-2-6-12(10)18-13/h8,11,15H,1-7,9H2,(H,16,17). The Kier molecular flexibility index (Phi) is 3.66. The Labute approximate surface area is 112 Å². The van der Waals surface area contributed by atoms with Gasteiger partial charge < -0.3 is 10.6 Å². The highest BCUT2D eigenvalue weighted by Crippen LogP contribution is 2.29. The van der Waals surface area contributed by atoms with Crippen molar-refractivity contribution in [2.24, 2.45) is 0 Å². The summed E-state index contributed by atoms with van der Waals surface area (Å²) < 4.78 is 0. The van der Waals surface area contributed by atoms with Gasteiger partial charge in [0.05, 0.1) is 4.88 Å². The third-order valence-corrected chi connectivity index (χ3v) is 5.09. The van der Waals surface area contributed by atoms with Crippen molar-refractivity contribution in [1.29, 1.82) is 0 Å². The van der Waals surface area contributed by atoms with Gasteiger partial charge in [-0.25, -0.2) is 0 Å². The number of aryl methyl sites for hydroxylation is 2. The van der Waals surface area contributed by atoms with Crippen LogP contribution in [0.3, 0.4) is 0 Å². The molecule has 2 heterocycles. The minimum Gasteiger partial charge on any atom is -0.347 e. The van der Waals surface area contributed by atoms with Crippen LogP contribution in [0.1, 0.15) is 45.8 Å². The number of hydrogen-bond donors (Lipinski definition) is 2. The highest BCUT2D eigenvalue weighted by atomic mass is 32.1. The number of carbonyl (C=O) groups is 1. The van der Waals surface area contributed by atoms with E-state index in [2.05, 4.69) is 16.7 Å². The van der Waals surface area contributed by atoms with Gasteiger partial charge in [-0.2, -0.15) is 0 Å². The predicted octanol–water partition coefficient (Wildman–Crippen LogP) is 2.11. The lowest BCUT2D eigenvalue weighted by Gasteiger charge is -2.23. The number of carbonyl (C=O) groups excluding carboxylic acids is 1. The molecule has 0 bridgehead atoms. The van der Waals surface area contributed by atoms with Crippen LogP contribution in [0, 0.1) is 0 Å². The second-order valence-electron chi connectivity index (χ2n) is 5.28. The number of nitrogens with one attached hydrogen (secondary N) is 2. The molecule has 1 aliphatic carbocycles. The molecule has 3 rings (SSSR count). The van der Waals surface area contributed by atoms with Crippen LogP contribution in [0.2, 0.25) is 0 Å². The Balaban J connectivity index is 1.66. The summed E-state index contributed by atoms with van der Waals surface area (Å²) in [4.78, 5) is 14.6. The van der Waals surface area contributed by atoms with Gasteiger partial charge in [-0.1, -0.05) is 0 Å². The molecule has 1 aliphatic heterocycles. The monoisotopic (exact) mass is 264 g/mol. The summed E-state index contributed by atoms with van der Waals surface area (Å²) in [6.07, 6.45) is 7.14. The van der Waals surface area contributed by atoms with Gasteiger partial charge >= 0.3 is 0 Å². The van der Waals surface area contributed by atoms with Crippen LogP contribution in [0.25, 0.3) is 0 Å². The summed E-state index contributed by atoms with van der Waals surface area (Å²) in [7, 11) is 0. The molecule has 0 saturated carbocycles. The Hall–Kier alpha value is -0.870. The van der Waals surface area contributed by atoms with E-state index in [4.69, 9.17) is 0 Å². The molecular formula is C14H20N2OS. The van der Waals surface area contributed by atoms with E-state index in [-0.39, 0.29) is 5.91 Å². The zero-order valence-electron chi connectivity index (χ0n) is 10.6. The Bertz CT molecular complexity index is 412. The zero-order chi connectivity index (χ0) is 12.4. The normalized spacial score (nSPS) is 23.4. The Morgan fingerprint density at radius 1 is 1.33 bits per heavy atom. The number of thiophene rings is 1. The van der Waals surface area contributed by atoms with Gasteiger partial charge in [0.15, 0.2) is 0 Å². The molecule has 2 aliphatic rings. The first-order valence-corrected chi connectivity index (χ1v) is 7.78. The molecule has 1 amide bonds. The summed E-state index contributed by atoms with van der Waals surface area (Å²) in [6, 6.07) is 2.43. The highest BCUT2D eigenvalue weighted by molar-refractivity contribution is 7.14. The van der Waals surface area contributed by atoms with Gasteiger partial charge in [0.2, 0.25) is 0 Å². The average molecular weight is 264 g/mol. The minimum atomic E-state index is 0.128. The summed E-state index contributed by atoms with van der Waals surface area (Å²) in [5.74, 6) is 0.128. The van der Waals surface area contributed by atoms with E-state index in [1.165, 1.54) is 23.3 Å². The summed E-state index contributed by atoms with van der Waals surface area (Å²) in [6.45, 7) is 2.00. The molecule has 1 fully saturated rings. The molecule has 18 heavy (non-hydrogen) atoms. The van der Waals surface area contributed by atoms with Gasteiger partial charge in [0.25, 0.3) is 5.91 Å². The van der Waals surface area contributed by atoms with Crippen molar-refractivity contribution in [3.63, 3.8) is 0 Å². The van der Waals surface area contributed by atoms with Gasteiger partial charge in [0, 0.05) is 17.5 Å². The SMILES string of the molecule is O=C(NC1CCCNC1)c1cc2c(s1)CCCC2. The molecule has 1 aromatic heterocycles. The van der Waals surface area contributed by atoms with Crippen LogP contribution < -0.4 is 10.6 Å². The number of fused-ring (bicyclic) bond motifs is 1. The van der Waals surface area contributed by atoms with Crippen LogP contribution >= 0.6 is 11.3 Å². The molecule has 0 radical (unpaired) electrons. The van der Waals surface area contributed by atoms with Gasteiger partial charge in [0.1, 0.15) is 0 Å². The van der Waals surface area contributed by atoms with Gasteiger partial charge in [-0.15, -0.1) is 11.3 Å². The van der Waals surface area contributed by atoms with Crippen molar-refractivity contribution in [1.82, 2.24) is 10.6 Å². The van der Waals surface area contributed by atoms with Crippen molar-refractivity contribution in [2.75, 3.05) is 13.1 Å². The molecule has 1 unspecified atom stereocenters. The van der Waals surface area contributed by atoms with E-state index in [1.54, 1.807) is 11.3 Å². The number of hydrogen-bond acceptors (Lipinski definition) is 3. The van der Waals surface area contributed by atoms with Crippen LogP contribution in [0.4, 0.5) is 0 Å². The lowest BCUT2D eigenvalue weighted by molar-refractivity contribution is 0.0935. The Morgan fingerprint density at radius 2 is 2.22 bits per heavy atom. The predicted molar refractivity (Wildman–Crippen MR) is 74.3 cm³/mol. The summed E-state index contributed by atoms with van der Waals surface area (Å²) >= 11 is 1.70. The maximum Gasteiger partial charge on any atom is 0.261 e. The van der Waals surface area contributed by atoms with E-state index in [0.29, 0.717) is 6.04 Å². The van der Waals surface area contributed by atoms with Crippen molar-refractivity contribution < 1.29 is 4.79 Å². The van der Waals surface area contributed by atoms with Crippen LogP contribution in [-0.2, 0) is 12.8 Å². The molecule has 1 saturated heterocycles. The fourth-order valence-corrected chi connectivity index (χ4v) is 3.99. The summed E-state index contributed by atoms with van der Waals surface area (Å²) in [5.41, 5.74) is 1.41. The molecule has 3 nitrogen and oxygen atoms in total. The number of piperidine rings is 1. The van der Waals surface area contributed by atoms with Gasteiger partial charge in [-0.3, -0.25) is 4.79 Å². The number of rotatable bonds is 2. The molecule has 1 atom stereocenters. The molecule has 2 N–H and O–H groups in total. The van der Waals surface area contributed by atoms with E-state index >= 15 is 0 Å². The topological polar surface area (TPSA) is 41.1 Å². The zero-order valence-corrected chi connectivity index (χ0v) is 11.4. The first-order chi connectivity index (χ1) is 8.83. The molecule has 0 aromatic carbocycles. The molecule has 1 aromatic rings. The second kappa shape index (κ2) is 5.41. The van der Waals surface area contributed by atoms with E-state index in [9.17, 15) is 4.79 Å². The molecule has 4 heteroatoms. The van der Waals surface area contributed by atoms with Crippen molar-refractivity contribution in [2.45, 2.75) is 44.6 Å². The molecular weight excluding hydrogens is 244 g/mol. The maximum atomic E-state index is 12.2.